The van der Waals surface area contributed by atoms with Crippen molar-refractivity contribution >= 4 is 27.1 Å². The van der Waals surface area contributed by atoms with Crippen LogP contribution < -0.4 is 14.8 Å². The molecule has 5 rings (SSSR count). The van der Waals surface area contributed by atoms with Gasteiger partial charge in [0.15, 0.2) is 0 Å². The SMILES string of the molecule is COc1cc(C2(NC(=O)c3cc(OC([Si])[C@@H]4CCN4CCF)ccc3C)CC2)c2cccnc2c1. The summed E-state index contributed by atoms with van der Waals surface area (Å²) >= 11 is 0. The third-order valence-electron chi connectivity index (χ3n) is 7.17. The summed E-state index contributed by atoms with van der Waals surface area (Å²) in [5.74, 6) is 1.19. The minimum atomic E-state index is -0.452. The van der Waals surface area contributed by atoms with Crippen LogP contribution in [0.3, 0.4) is 0 Å². The summed E-state index contributed by atoms with van der Waals surface area (Å²) in [5.41, 5.74) is 2.58. The second-order valence-electron chi connectivity index (χ2n) is 9.38. The number of fused-ring (bicyclic) bond motifs is 1. The fraction of sp³-hybridized carbons (Fsp3) is 0.407. The van der Waals surface area contributed by atoms with Gasteiger partial charge >= 0.3 is 0 Å². The van der Waals surface area contributed by atoms with Gasteiger partial charge in [0, 0.05) is 42.3 Å². The van der Waals surface area contributed by atoms with E-state index in [-0.39, 0.29) is 24.4 Å². The van der Waals surface area contributed by atoms with E-state index in [1.807, 2.05) is 43.3 Å². The quantitative estimate of drug-likeness (QED) is 0.461. The molecule has 1 aromatic heterocycles. The van der Waals surface area contributed by atoms with Gasteiger partial charge in [0.05, 0.1) is 34.1 Å². The van der Waals surface area contributed by atoms with Gasteiger partial charge in [-0.05, 0) is 61.6 Å². The van der Waals surface area contributed by atoms with Crippen molar-refractivity contribution < 1.29 is 18.7 Å². The first-order valence-corrected chi connectivity index (χ1v) is 12.6. The summed E-state index contributed by atoms with van der Waals surface area (Å²) in [4.78, 5) is 20.0. The Bertz CT molecular complexity index is 1250. The molecular formula is C27H29FN3O3Si. The fourth-order valence-corrected chi connectivity index (χ4v) is 5.39. The number of amides is 1. The first kappa shape index (κ1) is 23.8. The van der Waals surface area contributed by atoms with Crippen LogP contribution in [0.4, 0.5) is 4.39 Å². The van der Waals surface area contributed by atoms with Crippen molar-refractivity contribution in [2.24, 2.45) is 0 Å². The number of aryl methyl sites for hydroxylation is 1. The van der Waals surface area contributed by atoms with Gasteiger partial charge < -0.3 is 14.8 Å². The van der Waals surface area contributed by atoms with Crippen LogP contribution in [0.5, 0.6) is 11.5 Å². The predicted molar refractivity (Wildman–Crippen MR) is 134 cm³/mol. The molecule has 6 nitrogen and oxygen atoms in total. The molecule has 2 aromatic carbocycles. The maximum absolute atomic E-state index is 13.5. The van der Waals surface area contributed by atoms with Crippen LogP contribution in [0.1, 0.15) is 40.7 Å². The number of nitrogens with one attached hydrogen (secondary N) is 1. The van der Waals surface area contributed by atoms with Crippen molar-refractivity contribution in [2.75, 3.05) is 26.9 Å². The molecule has 0 bridgehead atoms. The molecule has 8 heteroatoms. The van der Waals surface area contributed by atoms with E-state index in [4.69, 9.17) is 9.47 Å². The Kier molecular flexibility index (Phi) is 6.50. The summed E-state index contributed by atoms with van der Waals surface area (Å²) in [7, 11) is 5.30. The van der Waals surface area contributed by atoms with Crippen molar-refractivity contribution in [3.8, 4) is 11.5 Å². The number of alkyl halides is 1. The van der Waals surface area contributed by atoms with E-state index < -0.39 is 5.54 Å². The van der Waals surface area contributed by atoms with E-state index in [2.05, 4.69) is 25.4 Å². The highest BCUT2D eigenvalue weighted by molar-refractivity contribution is 6.11. The highest BCUT2D eigenvalue weighted by Crippen LogP contribution is 2.49. The number of rotatable bonds is 9. The number of carbonyl (C=O) groups excluding carboxylic acids is 1. The first-order valence-electron chi connectivity index (χ1n) is 12.0. The van der Waals surface area contributed by atoms with Crippen molar-refractivity contribution in [2.45, 2.75) is 43.5 Å². The van der Waals surface area contributed by atoms with Crippen LogP contribution in [0.25, 0.3) is 10.9 Å². The van der Waals surface area contributed by atoms with E-state index in [0.717, 1.165) is 53.6 Å². The molecule has 1 saturated carbocycles. The fourth-order valence-electron chi connectivity index (χ4n) is 4.88. The number of carbonyl (C=O) groups is 1. The minimum Gasteiger partial charge on any atom is -0.497 e. The maximum Gasteiger partial charge on any atom is 0.252 e. The lowest BCUT2D eigenvalue weighted by atomic mass is 9.97. The molecule has 2 atom stereocenters. The van der Waals surface area contributed by atoms with Gasteiger partial charge in [-0.15, -0.1) is 0 Å². The zero-order chi connectivity index (χ0) is 24.6. The average Bonchev–Trinajstić information content (AvgIpc) is 3.62. The van der Waals surface area contributed by atoms with E-state index in [1.165, 1.54) is 0 Å². The number of aromatic nitrogens is 1. The third kappa shape index (κ3) is 4.64. The van der Waals surface area contributed by atoms with Crippen molar-refractivity contribution in [3.63, 3.8) is 0 Å². The molecule has 1 aliphatic heterocycles. The zero-order valence-corrected chi connectivity index (χ0v) is 21.0. The highest BCUT2D eigenvalue weighted by atomic mass is 28.1. The number of hydrogen-bond donors (Lipinski definition) is 1. The average molecular weight is 491 g/mol. The van der Waals surface area contributed by atoms with Gasteiger partial charge in [0.1, 0.15) is 18.2 Å². The lowest BCUT2D eigenvalue weighted by molar-refractivity contribution is 0.0285. The Hall–Kier alpha value is -2.97. The number of pyridine rings is 1. The van der Waals surface area contributed by atoms with E-state index >= 15 is 0 Å². The van der Waals surface area contributed by atoms with Gasteiger partial charge in [-0.3, -0.25) is 14.7 Å². The summed E-state index contributed by atoms with van der Waals surface area (Å²) in [5, 5.41) is 4.31. The minimum absolute atomic E-state index is 0.116. The van der Waals surface area contributed by atoms with Gasteiger partial charge in [0.25, 0.3) is 5.91 Å². The van der Waals surface area contributed by atoms with E-state index in [0.29, 0.717) is 17.9 Å². The molecule has 1 saturated heterocycles. The number of benzene rings is 2. The normalized spacial score (nSPS) is 19.6. The Morgan fingerprint density at radius 3 is 2.80 bits per heavy atom. The lowest BCUT2D eigenvalue weighted by Gasteiger charge is -2.43. The predicted octanol–water partition coefficient (Wildman–Crippen LogP) is 3.89. The lowest BCUT2D eigenvalue weighted by Crippen LogP contribution is -2.56. The molecule has 0 spiro atoms. The monoisotopic (exact) mass is 490 g/mol. The van der Waals surface area contributed by atoms with Gasteiger partial charge in [0.2, 0.25) is 0 Å². The molecule has 1 amide bonds. The number of hydrogen-bond acceptors (Lipinski definition) is 5. The molecule has 2 fully saturated rings. The van der Waals surface area contributed by atoms with Gasteiger partial charge in [-0.2, -0.15) is 0 Å². The molecule has 1 N–H and O–H groups in total. The summed E-state index contributed by atoms with van der Waals surface area (Å²) in [6.45, 7) is 2.83. The van der Waals surface area contributed by atoms with Crippen LogP contribution in [0.15, 0.2) is 48.7 Å². The second kappa shape index (κ2) is 9.58. The number of nitrogens with zero attached hydrogens (tertiary/aromatic N) is 2. The Morgan fingerprint density at radius 1 is 1.29 bits per heavy atom. The molecule has 3 aromatic rings. The maximum atomic E-state index is 13.5. The largest absolute Gasteiger partial charge is 0.497 e. The number of ether oxygens (including phenoxy) is 2. The number of likely N-dealkylation sites (tertiary alicyclic amines) is 1. The van der Waals surface area contributed by atoms with E-state index in [1.54, 1.807) is 19.4 Å². The third-order valence-corrected chi connectivity index (χ3v) is 7.67. The smallest absolute Gasteiger partial charge is 0.252 e. The van der Waals surface area contributed by atoms with Crippen LogP contribution in [-0.4, -0.2) is 64.7 Å². The summed E-state index contributed by atoms with van der Waals surface area (Å²) < 4.78 is 24.4. The Morgan fingerprint density at radius 2 is 2.11 bits per heavy atom. The van der Waals surface area contributed by atoms with Gasteiger partial charge in [-0.1, -0.05) is 12.1 Å². The Labute approximate surface area is 208 Å². The first-order chi connectivity index (χ1) is 16.9. The molecule has 181 valence electrons. The Balaban J connectivity index is 1.36. The highest BCUT2D eigenvalue weighted by Gasteiger charge is 2.47. The van der Waals surface area contributed by atoms with Crippen molar-refractivity contribution in [3.05, 3.63) is 65.4 Å². The zero-order valence-electron chi connectivity index (χ0n) is 20.0. The molecule has 2 aliphatic rings. The van der Waals surface area contributed by atoms with Crippen LogP contribution in [-0.2, 0) is 5.54 Å². The number of halogens is 1. The summed E-state index contributed by atoms with van der Waals surface area (Å²) in [6, 6.07) is 13.5. The van der Waals surface area contributed by atoms with Gasteiger partial charge in [-0.25, -0.2) is 4.39 Å². The van der Waals surface area contributed by atoms with Crippen molar-refractivity contribution in [1.82, 2.24) is 15.2 Å². The summed E-state index contributed by atoms with van der Waals surface area (Å²) in [6.07, 6.45) is 4.40. The molecule has 3 radical (unpaired) electrons. The molecular weight excluding hydrogens is 461 g/mol. The van der Waals surface area contributed by atoms with E-state index in [9.17, 15) is 9.18 Å². The molecule has 1 unspecified atom stereocenters. The van der Waals surface area contributed by atoms with Crippen LogP contribution in [0.2, 0.25) is 0 Å². The number of methoxy groups -OCH3 is 1. The standard InChI is InChI=1S/C27H29FN3O3Si/c1-17-5-6-18(34-26(35)24-7-12-31(24)13-10-28)14-21(17)25(32)30-27(8-9-27)22-15-19(33-2)16-23-20(22)4-3-11-29-23/h3-6,11,14-16,24,26H,7-10,12-13H2,1-2H3,(H,30,32)/t24-,26?/m0/s1. The molecule has 2 heterocycles. The molecule has 35 heavy (non-hydrogen) atoms. The molecule has 1 aliphatic carbocycles. The van der Waals surface area contributed by atoms with Crippen LogP contribution >= 0.6 is 0 Å². The van der Waals surface area contributed by atoms with Crippen molar-refractivity contribution in [1.29, 1.82) is 0 Å². The second-order valence-corrected chi connectivity index (χ2v) is 9.95. The van der Waals surface area contributed by atoms with Crippen LogP contribution in [0, 0.1) is 6.92 Å². The topological polar surface area (TPSA) is 63.7 Å².